The summed E-state index contributed by atoms with van der Waals surface area (Å²) in [4.78, 5) is 0. The molecule has 1 N–H and O–H groups in total. The second kappa shape index (κ2) is 5.77. The van der Waals surface area contributed by atoms with E-state index in [1.165, 1.54) is 12.1 Å². The Morgan fingerprint density at radius 2 is 2.21 bits per heavy atom. The van der Waals surface area contributed by atoms with Crippen molar-refractivity contribution in [2.24, 2.45) is 11.8 Å². The topological polar surface area (TPSA) is 54.4 Å². The van der Waals surface area contributed by atoms with E-state index in [1.807, 2.05) is 0 Å². The van der Waals surface area contributed by atoms with Gasteiger partial charge in [-0.3, -0.25) is 0 Å². The van der Waals surface area contributed by atoms with Crippen LogP contribution in [0.25, 0.3) is 0 Å². The highest BCUT2D eigenvalue weighted by molar-refractivity contribution is 7.91. The van der Waals surface area contributed by atoms with Gasteiger partial charge in [-0.15, -0.1) is 0 Å². The average Bonchev–Trinajstić information content (AvgIpc) is 2.69. The molecule has 0 amide bonds. The minimum absolute atomic E-state index is 0.0737. The zero-order valence-corrected chi connectivity index (χ0v) is 11.9. The van der Waals surface area contributed by atoms with Crippen LogP contribution in [0, 0.1) is 17.7 Å². The van der Waals surface area contributed by atoms with Gasteiger partial charge in [0.2, 0.25) is 0 Å². The van der Waals surface area contributed by atoms with Crippen LogP contribution < -0.4 is 0 Å². The van der Waals surface area contributed by atoms with E-state index in [-0.39, 0.29) is 36.4 Å². The van der Waals surface area contributed by atoms with Crippen molar-refractivity contribution in [3.63, 3.8) is 0 Å². The zero-order valence-electron chi connectivity index (χ0n) is 10.4. The van der Waals surface area contributed by atoms with Crippen LogP contribution in [0.1, 0.15) is 12.0 Å². The molecule has 0 saturated carbocycles. The first-order valence-corrected chi connectivity index (χ1v) is 8.37. The first kappa shape index (κ1) is 14.8. The third-order valence-electron chi connectivity index (χ3n) is 3.70. The van der Waals surface area contributed by atoms with Crippen LogP contribution in [0.5, 0.6) is 0 Å². The number of hydrogen-bond donors (Lipinski definition) is 1. The molecule has 3 nitrogen and oxygen atoms in total. The van der Waals surface area contributed by atoms with E-state index in [4.69, 9.17) is 11.6 Å². The minimum atomic E-state index is -3.00. The van der Waals surface area contributed by atoms with Gasteiger partial charge in [0.25, 0.3) is 0 Å². The number of rotatable bonds is 4. The summed E-state index contributed by atoms with van der Waals surface area (Å²) in [5.41, 5.74) is 0.354. The SMILES string of the molecule is O=S1(=O)CCC(C(CO)Cc2c(F)cccc2Cl)C1. The smallest absolute Gasteiger partial charge is 0.150 e. The Balaban J connectivity index is 2.16. The van der Waals surface area contributed by atoms with Gasteiger partial charge in [0, 0.05) is 17.2 Å². The molecule has 1 fully saturated rings. The van der Waals surface area contributed by atoms with E-state index >= 15 is 0 Å². The second-order valence-electron chi connectivity index (χ2n) is 5.01. The Hall–Kier alpha value is -0.650. The standard InChI is InChI=1S/C13H16ClFO3S/c14-12-2-1-3-13(15)11(12)6-10(7-16)9-4-5-19(17,18)8-9/h1-3,9-10,16H,4-8H2. The van der Waals surface area contributed by atoms with Crippen LogP contribution in [0.4, 0.5) is 4.39 Å². The predicted octanol–water partition coefficient (Wildman–Crippen LogP) is 2.06. The van der Waals surface area contributed by atoms with Crippen molar-refractivity contribution >= 4 is 21.4 Å². The summed E-state index contributed by atoms with van der Waals surface area (Å²) in [5.74, 6) is -0.576. The molecule has 0 radical (unpaired) electrons. The van der Waals surface area contributed by atoms with Crippen molar-refractivity contribution in [2.45, 2.75) is 12.8 Å². The maximum Gasteiger partial charge on any atom is 0.150 e. The molecule has 2 rings (SSSR count). The van der Waals surface area contributed by atoms with Crippen LogP contribution in [0.3, 0.4) is 0 Å². The first-order valence-electron chi connectivity index (χ1n) is 6.17. The number of halogens is 2. The second-order valence-corrected chi connectivity index (χ2v) is 7.65. The number of sulfone groups is 1. The molecule has 0 aromatic heterocycles. The molecule has 6 heteroatoms. The third-order valence-corrected chi connectivity index (χ3v) is 5.84. The summed E-state index contributed by atoms with van der Waals surface area (Å²) < 4.78 is 36.6. The summed E-state index contributed by atoms with van der Waals surface area (Å²) in [6.07, 6.45) is 0.793. The molecule has 0 aliphatic carbocycles. The fraction of sp³-hybridized carbons (Fsp3) is 0.538. The highest BCUT2D eigenvalue weighted by Crippen LogP contribution is 2.31. The van der Waals surface area contributed by atoms with Crippen LogP contribution in [0.2, 0.25) is 5.02 Å². The van der Waals surface area contributed by atoms with E-state index in [9.17, 15) is 17.9 Å². The molecular formula is C13H16ClFO3S. The van der Waals surface area contributed by atoms with Crippen molar-refractivity contribution in [2.75, 3.05) is 18.1 Å². The number of aliphatic hydroxyl groups is 1. The summed E-state index contributed by atoms with van der Waals surface area (Å²) in [6.45, 7) is -0.162. The molecular weight excluding hydrogens is 291 g/mol. The van der Waals surface area contributed by atoms with Gasteiger partial charge in [-0.05, 0) is 36.8 Å². The first-order chi connectivity index (χ1) is 8.93. The van der Waals surface area contributed by atoms with Crippen LogP contribution in [-0.2, 0) is 16.3 Å². The number of aliphatic hydroxyl groups excluding tert-OH is 1. The van der Waals surface area contributed by atoms with Gasteiger partial charge in [-0.25, -0.2) is 12.8 Å². The van der Waals surface area contributed by atoms with Crippen molar-refractivity contribution in [3.05, 3.63) is 34.6 Å². The summed E-state index contributed by atoms with van der Waals surface area (Å²) in [7, 11) is -3.00. The van der Waals surface area contributed by atoms with E-state index in [0.717, 1.165) is 0 Å². The molecule has 0 bridgehead atoms. The Bertz CT molecular complexity index is 539. The lowest BCUT2D eigenvalue weighted by molar-refractivity contribution is 0.183. The Morgan fingerprint density at radius 1 is 1.47 bits per heavy atom. The maximum atomic E-state index is 13.7. The van der Waals surface area contributed by atoms with E-state index in [0.29, 0.717) is 17.0 Å². The van der Waals surface area contributed by atoms with Gasteiger partial charge in [0.1, 0.15) is 5.82 Å². The molecule has 0 spiro atoms. The molecule has 2 unspecified atom stereocenters. The van der Waals surface area contributed by atoms with E-state index in [2.05, 4.69) is 0 Å². The Labute approximate surface area is 117 Å². The molecule has 1 aliphatic rings. The highest BCUT2D eigenvalue weighted by atomic mass is 35.5. The van der Waals surface area contributed by atoms with E-state index < -0.39 is 15.7 Å². The zero-order chi connectivity index (χ0) is 14.0. The van der Waals surface area contributed by atoms with Crippen molar-refractivity contribution < 1.29 is 17.9 Å². The van der Waals surface area contributed by atoms with Crippen molar-refractivity contribution in [1.29, 1.82) is 0 Å². The van der Waals surface area contributed by atoms with Gasteiger partial charge in [0.15, 0.2) is 9.84 Å². The average molecular weight is 307 g/mol. The third kappa shape index (κ3) is 3.46. The monoisotopic (exact) mass is 306 g/mol. The molecule has 1 heterocycles. The molecule has 19 heavy (non-hydrogen) atoms. The van der Waals surface area contributed by atoms with Crippen LogP contribution in [-0.4, -0.2) is 31.6 Å². The fourth-order valence-electron chi connectivity index (χ4n) is 2.57. The van der Waals surface area contributed by atoms with Gasteiger partial charge in [0.05, 0.1) is 11.5 Å². The van der Waals surface area contributed by atoms with Gasteiger partial charge < -0.3 is 5.11 Å². The molecule has 1 aromatic rings. The highest BCUT2D eigenvalue weighted by Gasteiger charge is 2.34. The van der Waals surface area contributed by atoms with E-state index in [1.54, 1.807) is 6.07 Å². The summed E-state index contributed by atoms with van der Waals surface area (Å²) in [5, 5.41) is 9.76. The van der Waals surface area contributed by atoms with Gasteiger partial charge in [-0.1, -0.05) is 17.7 Å². The van der Waals surface area contributed by atoms with Crippen LogP contribution in [0.15, 0.2) is 18.2 Å². The van der Waals surface area contributed by atoms with Crippen LogP contribution >= 0.6 is 11.6 Å². The molecule has 2 atom stereocenters. The molecule has 1 aromatic carbocycles. The largest absolute Gasteiger partial charge is 0.396 e. The van der Waals surface area contributed by atoms with Crippen molar-refractivity contribution in [3.8, 4) is 0 Å². The normalized spacial score (nSPS) is 23.4. The number of hydrogen-bond acceptors (Lipinski definition) is 3. The summed E-state index contributed by atoms with van der Waals surface area (Å²) >= 11 is 5.95. The molecule has 106 valence electrons. The number of benzene rings is 1. The predicted molar refractivity (Wildman–Crippen MR) is 72.5 cm³/mol. The summed E-state index contributed by atoms with van der Waals surface area (Å²) in [6, 6.07) is 4.44. The Morgan fingerprint density at radius 3 is 2.74 bits per heavy atom. The fourth-order valence-corrected chi connectivity index (χ4v) is 4.73. The molecule has 1 saturated heterocycles. The van der Waals surface area contributed by atoms with Gasteiger partial charge in [-0.2, -0.15) is 0 Å². The van der Waals surface area contributed by atoms with Gasteiger partial charge >= 0.3 is 0 Å². The lowest BCUT2D eigenvalue weighted by Crippen LogP contribution is -2.22. The quantitative estimate of drug-likeness (QED) is 0.926. The Kier molecular flexibility index (Phi) is 4.48. The molecule has 1 aliphatic heterocycles. The maximum absolute atomic E-state index is 13.7. The minimum Gasteiger partial charge on any atom is -0.396 e. The lowest BCUT2D eigenvalue weighted by atomic mass is 9.87. The lowest BCUT2D eigenvalue weighted by Gasteiger charge is -2.21. The van der Waals surface area contributed by atoms with Crippen molar-refractivity contribution in [1.82, 2.24) is 0 Å².